The van der Waals surface area contributed by atoms with Crippen LogP contribution in [0, 0.1) is 0 Å². The number of ether oxygens (including phenoxy) is 1. The molecule has 0 spiro atoms. The lowest BCUT2D eigenvalue weighted by molar-refractivity contribution is -0.0674. The van der Waals surface area contributed by atoms with Crippen LogP contribution in [0.2, 0.25) is 0 Å². The van der Waals surface area contributed by atoms with Gasteiger partial charge in [0, 0.05) is 19.7 Å². The number of likely N-dealkylation sites (tertiary alicyclic amines) is 1. The highest BCUT2D eigenvalue weighted by Gasteiger charge is 2.28. The topological polar surface area (TPSA) is 12.5 Å². The van der Waals surface area contributed by atoms with Crippen LogP contribution in [-0.4, -0.2) is 37.2 Å². The van der Waals surface area contributed by atoms with Gasteiger partial charge in [-0.2, -0.15) is 0 Å². The Labute approximate surface area is 75.9 Å². The molecule has 2 heteroatoms. The molecule has 0 aromatic carbocycles. The maximum Gasteiger partial charge on any atom is 0.0678 e. The highest BCUT2D eigenvalue weighted by atomic mass is 16.5. The van der Waals surface area contributed by atoms with Crippen LogP contribution in [-0.2, 0) is 4.74 Å². The van der Waals surface area contributed by atoms with Crippen LogP contribution in [0.25, 0.3) is 0 Å². The molecule has 1 fully saturated rings. The molecule has 0 bridgehead atoms. The van der Waals surface area contributed by atoms with E-state index in [9.17, 15) is 0 Å². The second-order valence-corrected chi connectivity index (χ2v) is 4.10. The SMILES string of the molecule is CCCOC1(C)CCN(C)CC1. The van der Waals surface area contributed by atoms with Gasteiger partial charge in [0.25, 0.3) is 0 Å². The first-order valence-corrected chi connectivity index (χ1v) is 4.99. The van der Waals surface area contributed by atoms with Crippen LogP contribution in [0.5, 0.6) is 0 Å². The van der Waals surface area contributed by atoms with Gasteiger partial charge in [-0.25, -0.2) is 0 Å². The summed E-state index contributed by atoms with van der Waals surface area (Å²) in [5, 5.41) is 0. The summed E-state index contributed by atoms with van der Waals surface area (Å²) in [5.41, 5.74) is 0.169. The molecule has 12 heavy (non-hydrogen) atoms. The zero-order valence-electron chi connectivity index (χ0n) is 8.60. The first-order valence-electron chi connectivity index (χ1n) is 4.99. The largest absolute Gasteiger partial charge is 0.375 e. The van der Waals surface area contributed by atoms with E-state index in [4.69, 9.17) is 4.74 Å². The van der Waals surface area contributed by atoms with Gasteiger partial charge in [0.05, 0.1) is 5.60 Å². The second kappa shape index (κ2) is 4.24. The molecule has 72 valence electrons. The molecule has 0 unspecified atom stereocenters. The third-order valence-corrected chi connectivity index (χ3v) is 2.70. The molecule has 0 aromatic rings. The van der Waals surface area contributed by atoms with Gasteiger partial charge in [-0.05, 0) is 33.2 Å². The predicted octanol–water partition coefficient (Wildman–Crippen LogP) is 1.90. The summed E-state index contributed by atoms with van der Waals surface area (Å²) in [6, 6.07) is 0. The van der Waals surface area contributed by atoms with Crippen molar-refractivity contribution in [1.29, 1.82) is 0 Å². The molecule has 0 radical (unpaired) electrons. The van der Waals surface area contributed by atoms with Crippen LogP contribution in [0.4, 0.5) is 0 Å². The molecule has 1 heterocycles. The molecule has 0 saturated carbocycles. The minimum Gasteiger partial charge on any atom is -0.375 e. The summed E-state index contributed by atoms with van der Waals surface area (Å²) < 4.78 is 5.84. The minimum absolute atomic E-state index is 0.169. The smallest absolute Gasteiger partial charge is 0.0678 e. The van der Waals surface area contributed by atoms with Crippen molar-refractivity contribution in [1.82, 2.24) is 4.90 Å². The van der Waals surface area contributed by atoms with Gasteiger partial charge in [-0.1, -0.05) is 6.92 Å². The van der Waals surface area contributed by atoms with Crippen LogP contribution < -0.4 is 0 Å². The van der Waals surface area contributed by atoms with E-state index in [1.807, 2.05) is 0 Å². The summed E-state index contributed by atoms with van der Waals surface area (Å²) >= 11 is 0. The Bertz CT molecular complexity index is 122. The molecular formula is C10H21NO. The maximum absolute atomic E-state index is 5.84. The van der Waals surface area contributed by atoms with Crippen molar-refractivity contribution in [2.24, 2.45) is 0 Å². The fourth-order valence-corrected chi connectivity index (χ4v) is 1.58. The van der Waals surface area contributed by atoms with E-state index in [0.717, 1.165) is 13.0 Å². The fraction of sp³-hybridized carbons (Fsp3) is 1.00. The Morgan fingerprint density at radius 3 is 2.42 bits per heavy atom. The zero-order valence-corrected chi connectivity index (χ0v) is 8.60. The standard InChI is InChI=1S/C10H21NO/c1-4-9-12-10(2)5-7-11(3)8-6-10/h4-9H2,1-3H3. The molecule has 1 rings (SSSR count). The van der Waals surface area contributed by atoms with E-state index in [-0.39, 0.29) is 5.60 Å². The lowest BCUT2D eigenvalue weighted by Gasteiger charge is -2.37. The monoisotopic (exact) mass is 171 g/mol. The van der Waals surface area contributed by atoms with Gasteiger partial charge >= 0.3 is 0 Å². The van der Waals surface area contributed by atoms with Crippen LogP contribution in [0.1, 0.15) is 33.1 Å². The summed E-state index contributed by atoms with van der Waals surface area (Å²) in [6.07, 6.45) is 3.50. The third kappa shape index (κ3) is 2.76. The van der Waals surface area contributed by atoms with Gasteiger partial charge in [0.15, 0.2) is 0 Å². The number of hydrogen-bond donors (Lipinski definition) is 0. The van der Waals surface area contributed by atoms with Gasteiger partial charge < -0.3 is 9.64 Å². The van der Waals surface area contributed by atoms with Crippen LogP contribution >= 0.6 is 0 Å². The number of piperidine rings is 1. The number of rotatable bonds is 3. The molecule has 0 aromatic heterocycles. The van der Waals surface area contributed by atoms with Crippen molar-refractivity contribution < 1.29 is 4.74 Å². The summed E-state index contributed by atoms with van der Waals surface area (Å²) in [4.78, 5) is 2.37. The van der Waals surface area contributed by atoms with E-state index in [1.165, 1.54) is 25.9 Å². The van der Waals surface area contributed by atoms with Crippen molar-refractivity contribution in [2.45, 2.75) is 38.7 Å². The molecule has 0 N–H and O–H groups in total. The molecule has 1 saturated heterocycles. The Morgan fingerprint density at radius 1 is 1.33 bits per heavy atom. The van der Waals surface area contributed by atoms with Gasteiger partial charge in [0.2, 0.25) is 0 Å². The van der Waals surface area contributed by atoms with Crippen molar-refractivity contribution in [3.05, 3.63) is 0 Å². The van der Waals surface area contributed by atoms with Crippen molar-refractivity contribution in [3.63, 3.8) is 0 Å². The van der Waals surface area contributed by atoms with Gasteiger partial charge in [-0.15, -0.1) is 0 Å². The molecule has 2 nitrogen and oxygen atoms in total. The van der Waals surface area contributed by atoms with Crippen molar-refractivity contribution >= 4 is 0 Å². The lowest BCUT2D eigenvalue weighted by atomic mass is 9.94. The van der Waals surface area contributed by atoms with Crippen molar-refractivity contribution in [2.75, 3.05) is 26.7 Å². The van der Waals surface area contributed by atoms with E-state index >= 15 is 0 Å². The normalized spacial score (nSPS) is 24.2. The average molecular weight is 171 g/mol. The first kappa shape index (κ1) is 10.0. The quantitative estimate of drug-likeness (QED) is 0.643. The number of nitrogens with zero attached hydrogens (tertiary/aromatic N) is 1. The molecule has 1 aliphatic heterocycles. The average Bonchev–Trinajstić information content (AvgIpc) is 2.08. The first-order chi connectivity index (χ1) is 5.66. The highest BCUT2D eigenvalue weighted by molar-refractivity contribution is 4.82. The highest BCUT2D eigenvalue weighted by Crippen LogP contribution is 2.24. The third-order valence-electron chi connectivity index (χ3n) is 2.70. The van der Waals surface area contributed by atoms with E-state index in [0.29, 0.717) is 0 Å². The molecule has 0 amide bonds. The molecule has 1 aliphatic rings. The van der Waals surface area contributed by atoms with E-state index in [2.05, 4.69) is 25.8 Å². The van der Waals surface area contributed by atoms with Crippen molar-refractivity contribution in [3.8, 4) is 0 Å². The van der Waals surface area contributed by atoms with E-state index < -0.39 is 0 Å². The van der Waals surface area contributed by atoms with Gasteiger partial charge in [-0.3, -0.25) is 0 Å². The zero-order chi connectivity index (χ0) is 9.03. The summed E-state index contributed by atoms with van der Waals surface area (Å²) in [6.45, 7) is 7.69. The summed E-state index contributed by atoms with van der Waals surface area (Å²) in [7, 11) is 2.18. The predicted molar refractivity (Wildman–Crippen MR) is 51.4 cm³/mol. The molecular weight excluding hydrogens is 150 g/mol. The van der Waals surface area contributed by atoms with Gasteiger partial charge in [0.1, 0.15) is 0 Å². The lowest BCUT2D eigenvalue weighted by Crippen LogP contribution is -2.42. The number of hydrogen-bond acceptors (Lipinski definition) is 2. The fourth-order valence-electron chi connectivity index (χ4n) is 1.58. The Hall–Kier alpha value is -0.0800. The minimum atomic E-state index is 0.169. The Kier molecular flexibility index (Phi) is 3.53. The molecule has 0 atom stereocenters. The van der Waals surface area contributed by atoms with Crippen LogP contribution in [0.3, 0.4) is 0 Å². The summed E-state index contributed by atoms with van der Waals surface area (Å²) in [5.74, 6) is 0. The second-order valence-electron chi connectivity index (χ2n) is 4.10. The molecule has 0 aliphatic carbocycles. The van der Waals surface area contributed by atoms with E-state index in [1.54, 1.807) is 0 Å². The Morgan fingerprint density at radius 2 is 1.92 bits per heavy atom. The Balaban J connectivity index is 2.29. The maximum atomic E-state index is 5.84. The van der Waals surface area contributed by atoms with Crippen LogP contribution in [0.15, 0.2) is 0 Å².